The number of nitrogens with one attached hydrogen (secondary N) is 2. The van der Waals surface area contributed by atoms with E-state index in [4.69, 9.17) is 33.0 Å². The Bertz CT molecular complexity index is 538. The summed E-state index contributed by atoms with van der Waals surface area (Å²) in [6, 6.07) is 1.90. The van der Waals surface area contributed by atoms with Crippen molar-refractivity contribution in [1.82, 2.24) is 5.32 Å². The first-order chi connectivity index (χ1) is 9.66. The van der Waals surface area contributed by atoms with Gasteiger partial charge in [-0.05, 0) is 26.0 Å². The summed E-state index contributed by atoms with van der Waals surface area (Å²) in [7, 11) is 1.54. The number of carboxylic acids is 1. The van der Waals surface area contributed by atoms with Gasteiger partial charge in [-0.2, -0.15) is 0 Å². The molecule has 21 heavy (non-hydrogen) atoms. The van der Waals surface area contributed by atoms with Crippen molar-refractivity contribution in [3.8, 4) is 0 Å². The van der Waals surface area contributed by atoms with Crippen molar-refractivity contribution in [3.05, 3.63) is 27.7 Å². The Morgan fingerprint density at radius 3 is 2.24 bits per heavy atom. The van der Waals surface area contributed by atoms with Crippen LogP contribution < -0.4 is 10.6 Å². The van der Waals surface area contributed by atoms with Crippen molar-refractivity contribution in [3.63, 3.8) is 0 Å². The maximum Gasteiger partial charge on any atom is 0.335 e. The predicted octanol–water partition coefficient (Wildman–Crippen LogP) is 3.24. The highest BCUT2D eigenvalue weighted by atomic mass is 35.5. The fourth-order valence-electron chi connectivity index (χ4n) is 1.34. The van der Waals surface area contributed by atoms with E-state index in [1.54, 1.807) is 0 Å². The maximum absolute atomic E-state index is 11.8. The molecule has 0 saturated carbocycles. The van der Waals surface area contributed by atoms with E-state index in [1.165, 1.54) is 19.2 Å². The monoisotopic (exact) mass is 334 g/mol. The average Bonchev–Trinajstić information content (AvgIpc) is 2.40. The lowest BCUT2D eigenvalue weighted by molar-refractivity contribution is 0.0257. The van der Waals surface area contributed by atoms with Gasteiger partial charge in [0.25, 0.3) is 0 Å². The Hall–Kier alpha value is -1.50. The summed E-state index contributed by atoms with van der Waals surface area (Å²) in [6.45, 7) is 3.90. The van der Waals surface area contributed by atoms with Gasteiger partial charge in [-0.1, -0.05) is 23.2 Å². The van der Waals surface area contributed by atoms with E-state index in [9.17, 15) is 9.59 Å². The van der Waals surface area contributed by atoms with Crippen LogP contribution >= 0.6 is 23.2 Å². The molecule has 3 N–H and O–H groups in total. The van der Waals surface area contributed by atoms with Gasteiger partial charge in [-0.3, -0.25) is 0 Å². The zero-order chi connectivity index (χ0) is 16.2. The molecule has 0 unspecified atom stereocenters. The van der Waals surface area contributed by atoms with E-state index in [1.807, 2.05) is 13.8 Å². The topological polar surface area (TPSA) is 87.7 Å². The van der Waals surface area contributed by atoms with Gasteiger partial charge < -0.3 is 20.5 Å². The molecule has 2 amide bonds. The van der Waals surface area contributed by atoms with Gasteiger partial charge in [-0.15, -0.1) is 0 Å². The smallest absolute Gasteiger partial charge is 0.335 e. The number of carboxylic acid groups (broad SMARTS) is 1. The van der Waals surface area contributed by atoms with Crippen LogP contribution in [0, 0.1) is 0 Å². The summed E-state index contributed by atoms with van der Waals surface area (Å²) >= 11 is 11.9. The summed E-state index contributed by atoms with van der Waals surface area (Å²) in [4.78, 5) is 22.6. The minimum absolute atomic E-state index is 0.0426. The number of urea groups is 1. The van der Waals surface area contributed by atoms with Crippen LogP contribution in [-0.2, 0) is 4.74 Å². The molecule has 0 saturated heterocycles. The average molecular weight is 335 g/mol. The Kier molecular flexibility index (Phi) is 5.83. The van der Waals surface area contributed by atoms with Gasteiger partial charge in [0.2, 0.25) is 0 Å². The minimum atomic E-state index is -1.16. The van der Waals surface area contributed by atoms with Gasteiger partial charge in [-0.25, -0.2) is 9.59 Å². The largest absolute Gasteiger partial charge is 0.478 e. The lowest BCUT2D eigenvalue weighted by Gasteiger charge is -2.23. The van der Waals surface area contributed by atoms with Crippen molar-refractivity contribution >= 4 is 40.9 Å². The highest BCUT2D eigenvalue weighted by Gasteiger charge is 2.19. The third-order valence-electron chi connectivity index (χ3n) is 2.75. The zero-order valence-electron chi connectivity index (χ0n) is 11.8. The van der Waals surface area contributed by atoms with E-state index in [0.717, 1.165) is 0 Å². The molecule has 6 nitrogen and oxygen atoms in total. The van der Waals surface area contributed by atoms with Gasteiger partial charge in [0.15, 0.2) is 0 Å². The van der Waals surface area contributed by atoms with Crippen molar-refractivity contribution < 1.29 is 19.4 Å². The molecule has 1 aromatic rings. The summed E-state index contributed by atoms with van der Waals surface area (Å²) in [5, 5.41) is 14.0. The van der Waals surface area contributed by atoms with E-state index in [2.05, 4.69) is 10.6 Å². The second kappa shape index (κ2) is 6.98. The fraction of sp³-hybridized carbons (Fsp3) is 0.385. The molecule has 0 fully saturated rings. The molecular formula is C13H16Cl2N2O4. The predicted molar refractivity (Wildman–Crippen MR) is 81.5 cm³/mol. The maximum atomic E-state index is 11.8. The number of benzene rings is 1. The number of halogens is 2. The number of hydrogen-bond acceptors (Lipinski definition) is 3. The lowest BCUT2D eigenvalue weighted by atomic mass is 10.1. The van der Waals surface area contributed by atoms with Crippen LogP contribution in [0.1, 0.15) is 24.2 Å². The number of methoxy groups -OCH3 is 1. The summed E-state index contributed by atoms with van der Waals surface area (Å²) in [6.07, 6.45) is 0. The highest BCUT2D eigenvalue weighted by molar-refractivity contribution is 6.40. The first kappa shape index (κ1) is 17.6. The molecule has 0 aromatic heterocycles. The molecule has 0 radical (unpaired) electrons. The molecule has 1 aromatic carbocycles. The molecule has 0 aliphatic heterocycles. The van der Waals surface area contributed by atoms with E-state index in [-0.39, 0.29) is 27.8 Å². The number of amides is 2. The van der Waals surface area contributed by atoms with Crippen LogP contribution in [0.3, 0.4) is 0 Å². The normalized spacial score (nSPS) is 11.1. The summed E-state index contributed by atoms with van der Waals surface area (Å²) < 4.78 is 5.17. The third kappa shape index (κ3) is 5.08. The van der Waals surface area contributed by atoms with E-state index in [0.29, 0.717) is 0 Å². The highest BCUT2D eigenvalue weighted by Crippen LogP contribution is 2.31. The molecule has 0 heterocycles. The third-order valence-corrected chi connectivity index (χ3v) is 3.35. The van der Waals surface area contributed by atoms with E-state index < -0.39 is 17.6 Å². The molecule has 0 aliphatic rings. The van der Waals surface area contributed by atoms with Crippen LogP contribution in [0.5, 0.6) is 0 Å². The quantitative estimate of drug-likeness (QED) is 0.771. The fourth-order valence-corrected chi connectivity index (χ4v) is 1.92. The lowest BCUT2D eigenvalue weighted by Crippen LogP contribution is -2.41. The minimum Gasteiger partial charge on any atom is -0.478 e. The molecule has 1 rings (SSSR count). The van der Waals surface area contributed by atoms with Gasteiger partial charge >= 0.3 is 12.0 Å². The van der Waals surface area contributed by atoms with Crippen LogP contribution in [0.4, 0.5) is 10.5 Å². The molecule has 0 spiro atoms. The van der Waals surface area contributed by atoms with Crippen LogP contribution in [0.2, 0.25) is 10.0 Å². The van der Waals surface area contributed by atoms with Crippen molar-refractivity contribution in [2.24, 2.45) is 0 Å². The van der Waals surface area contributed by atoms with Crippen molar-refractivity contribution in [2.75, 3.05) is 19.0 Å². The van der Waals surface area contributed by atoms with Gasteiger partial charge in [0.05, 0.1) is 26.9 Å². The summed E-state index contributed by atoms with van der Waals surface area (Å²) in [5.74, 6) is -1.16. The number of anilines is 1. The number of ether oxygens (including phenoxy) is 1. The molecule has 0 aliphatic carbocycles. The first-order valence-corrected chi connectivity index (χ1v) is 6.74. The SMILES string of the molecule is COC(C)(C)CNC(=O)Nc1c(Cl)cc(C(=O)O)cc1Cl. The number of carbonyl (C=O) groups is 2. The molecule has 0 bridgehead atoms. The van der Waals surface area contributed by atoms with Crippen molar-refractivity contribution in [2.45, 2.75) is 19.4 Å². The number of hydrogen-bond donors (Lipinski definition) is 3. The Labute approximate surface area is 132 Å². The molecular weight excluding hydrogens is 319 g/mol. The number of carbonyl (C=O) groups excluding carboxylic acids is 1. The molecule has 116 valence electrons. The molecule has 0 atom stereocenters. The Morgan fingerprint density at radius 1 is 1.29 bits per heavy atom. The number of rotatable bonds is 5. The van der Waals surface area contributed by atoms with Crippen LogP contribution in [0.25, 0.3) is 0 Å². The van der Waals surface area contributed by atoms with Gasteiger partial charge in [0, 0.05) is 13.7 Å². The van der Waals surface area contributed by atoms with E-state index >= 15 is 0 Å². The van der Waals surface area contributed by atoms with Crippen LogP contribution in [-0.4, -0.2) is 36.4 Å². The summed E-state index contributed by atoms with van der Waals surface area (Å²) in [5.41, 5.74) is -0.425. The van der Waals surface area contributed by atoms with Crippen LogP contribution in [0.15, 0.2) is 12.1 Å². The standard InChI is InChI=1S/C13H16Cl2N2O4/c1-13(2,21-3)6-16-12(20)17-10-8(14)4-7(11(18)19)5-9(10)15/h4-5H,6H2,1-3H3,(H,18,19)(H2,16,17,20). The Morgan fingerprint density at radius 2 is 1.81 bits per heavy atom. The van der Waals surface area contributed by atoms with Crippen molar-refractivity contribution in [1.29, 1.82) is 0 Å². The van der Waals surface area contributed by atoms with Gasteiger partial charge in [0.1, 0.15) is 0 Å². The second-order valence-corrected chi connectivity index (χ2v) is 5.71. The number of aromatic carboxylic acids is 1. The molecule has 8 heteroatoms. The zero-order valence-corrected chi connectivity index (χ0v) is 13.3. The Balaban J connectivity index is 2.79. The second-order valence-electron chi connectivity index (χ2n) is 4.89. The first-order valence-electron chi connectivity index (χ1n) is 5.98.